The third kappa shape index (κ3) is 4.99. The molecule has 1 aromatic rings. The van der Waals surface area contributed by atoms with E-state index >= 15 is 0 Å². The van der Waals surface area contributed by atoms with Crippen molar-refractivity contribution >= 4 is 0 Å². The highest BCUT2D eigenvalue weighted by Crippen LogP contribution is 2.18. The Balaban J connectivity index is 1.67. The second-order valence-electron chi connectivity index (χ2n) is 5.42. The number of ether oxygens (including phenoxy) is 2. The molecule has 0 bridgehead atoms. The van der Waals surface area contributed by atoms with Gasteiger partial charge in [-0.05, 0) is 23.6 Å². The Bertz CT molecular complexity index is 406. The van der Waals surface area contributed by atoms with E-state index in [4.69, 9.17) is 9.47 Å². The summed E-state index contributed by atoms with van der Waals surface area (Å²) in [6.45, 7) is 9.78. The van der Waals surface area contributed by atoms with E-state index in [9.17, 15) is 0 Å². The molecule has 0 saturated carbocycles. The minimum atomic E-state index is 0.567. The van der Waals surface area contributed by atoms with Gasteiger partial charge in [-0.2, -0.15) is 0 Å². The van der Waals surface area contributed by atoms with Crippen molar-refractivity contribution in [2.75, 3.05) is 39.5 Å². The van der Waals surface area contributed by atoms with Crippen molar-refractivity contribution in [1.82, 2.24) is 4.90 Å². The summed E-state index contributed by atoms with van der Waals surface area (Å²) in [6.07, 6.45) is 4.26. The molecule has 2 rings (SSSR count). The molecule has 1 saturated heterocycles. The first-order chi connectivity index (χ1) is 9.75. The van der Waals surface area contributed by atoms with E-state index in [1.165, 1.54) is 5.56 Å². The van der Waals surface area contributed by atoms with Gasteiger partial charge in [0.05, 0.1) is 13.2 Å². The highest BCUT2D eigenvalue weighted by molar-refractivity contribution is 5.28. The lowest BCUT2D eigenvalue weighted by molar-refractivity contribution is 0.0434. The lowest BCUT2D eigenvalue weighted by atomic mass is 10.0. The topological polar surface area (TPSA) is 21.7 Å². The number of hydrogen-bond acceptors (Lipinski definition) is 3. The summed E-state index contributed by atoms with van der Waals surface area (Å²) < 4.78 is 11.0. The normalized spacial score (nSPS) is 16.9. The lowest BCUT2D eigenvalue weighted by Gasteiger charge is -2.25. The number of hydrogen-bond donors (Lipinski definition) is 0. The zero-order valence-corrected chi connectivity index (χ0v) is 12.5. The molecule has 0 atom stereocenters. The Kier molecular flexibility index (Phi) is 6.09. The van der Waals surface area contributed by atoms with Crippen LogP contribution in [0.5, 0.6) is 5.75 Å². The Labute approximate surface area is 122 Å². The number of benzene rings is 1. The standard InChI is InChI=1S/C17H25NO2/c1-15(2)16-5-7-17(8-6-16)20-12-4-3-9-18-10-13-19-14-11-18/h3-8,15H,9-14H2,1-2H3/b4-3+. The van der Waals surface area contributed by atoms with Crippen LogP contribution in [-0.4, -0.2) is 44.4 Å². The summed E-state index contributed by atoms with van der Waals surface area (Å²) in [5.74, 6) is 1.50. The van der Waals surface area contributed by atoms with Crippen LogP contribution in [0.25, 0.3) is 0 Å². The molecule has 0 amide bonds. The van der Waals surface area contributed by atoms with Crippen molar-refractivity contribution < 1.29 is 9.47 Å². The largest absolute Gasteiger partial charge is 0.490 e. The third-order valence-electron chi connectivity index (χ3n) is 3.53. The van der Waals surface area contributed by atoms with Crippen LogP contribution in [-0.2, 0) is 4.74 Å². The number of nitrogens with zero attached hydrogens (tertiary/aromatic N) is 1. The fourth-order valence-electron chi connectivity index (χ4n) is 2.17. The first kappa shape index (κ1) is 15.1. The molecule has 20 heavy (non-hydrogen) atoms. The number of morpholine rings is 1. The maximum Gasteiger partial charge on any atom is 0.119 e. The quantitative estimate of drug-likeness (QED) is 0.745. The Morgan fingerprint density at radius 2 is 1.85 bits per heavy atom. The van der Waals surface area contributed by atoms with Crippen LogP contribution in [0, 0.1) is 0 Å². The monoisotopic (exact) mass is 275 g/mol. The molecule has 0 aromatic heterocycles. The molecule has 1 aliphatic heterocycles. The van der Waals surface area contributed by atoms with Gasteiger partial charge in [0.2, 0.25) is 0 Å². The SMILES string of the molecule is CC(C)c1ccc(OC/C=C/CN2CCOCC2)cc1. The van der Waals surface area contributed by atoms with Gasteiger partial charge >= 0.3 is 0 Å². The van der Waals surface area contributed by atoms with Crippen LogP contribution in [0.1, 0.15) is 25.3 Å². The summed E-state index contributed by atoms with van der Waals surface area (Å²) in [6, 6.07) is 8.37. The summed E-state index contributed by atoms with van der Waals surface area (Å²) in [4.78, 5) is 2.39. The number of rotatable bonds is 6. The zero-order chi connectivity index (χ0) is 14.2. The van der Waals surface area contributed by atoms with Crippen LogP contribution >= 0.6 is 0 Å². The summed E-state index contributed by atoms with van der Waals surface area (Å²) in [7, 11) is 0. The van der Waals surface area contributed by atoms with E-state index in [-0.39, 0.29) is 0 Å². The molecule has 1 aliphatic rings. The smallest absolute Gasteiger partial charge is 0.119 e. The van der Waals surface area contributed by atoms with Crippen molar-refractivity contribution in [3.63, 3.8) is 0 Å². The minimum Gasteiger partial charge on any atom is -0.490 e. The average Bonchev–Trinajstić information content (AvgIpc) is 2.48. The van der Waals surface area contributed by atoms with Gasteiger partial charge in [-0.1, -0.05) is 38.1 Å². The molecular weight excluding hydrogens is 250 g/mol. The molecule has 1 heterocycles. The van der Waals surface area contributed by atoms with E-state index in [0.29, 0.717) is 12.5 Å². The van der Waals surface area contributed by atoms with Crippen molar-refractivity contribution in [2.24, 2.45) is 0 Å². The van der Waals surface area contributed by atoms with E-state index in [1.54, 1.807) is 0 Å². The summed E-state index contributed by atoms with van der Waals surface area (Å²) >= 11 is 0. The minimum absolute atomic E-state index is 0.567. The van der Waals surface area contributed by atoms with Gasteiger partial charge in [0, 0.05) is 19.6 Å². The van der Waals surface area contributed by atoms with Crippen molar-refractivity contribution in [3.05, 3.63) is 42.0 Å². The van der Waals surface area contributed by atoms with Crippen molar-refractivity contribution in [2.45, 2.75) is 19.8 Å². The molecule has 0 aliphatic carbocycles. The predicted molar refractivity (Wildman–Crippen MR) is 82.4 cm³/mol. The van der Waals surface area contributed by atoms with E-state index in [0.717, 1.165) is 38.6 Å². The second-order valence-corrected chi connectivity index (χ2v) is 5.42. The van der Waals surface area contributed by atoms with Gasteiger partial charge in [-0.25, -0.2) is 0 Å². The molecule has 1 aromatic carbocycles. The molecule has 0 unspecified atom stereocenters. The van der Waals surface area contributed by atoms with Crippen LogP contribution in [0.3, 0.4) is 0 Å². The van der Waals surface area contributed by atoms with Crippen LogP contribution in [0.4, 0.5) is 0 Å². The second kappa shape index (κ2) is 8.08. The van der Waals surface area contributed by atoms with Crippen molar-refractivity contribution in [1.29, 1.82) is 0 Å². The molecule has 3 heteroatoms. The molecule has 0 radical (unpaired) electrons. The van der Waals surface area contributed by atoms with Crippen LogP contribution in [0.15, 0.2) is 36.4 Å². The van der Waals surface area contributed by atoms with Gasteiger partial charge in [0.1, 0.15) is 12.4 Å². The maximum atomic E-state index is 5.70. The maximum absolute atomic E-state index is 5.70. The molecule has 1 fully saturated rings. The zero-order valence-electron chi connectivity index (χ0n) is 12.5. The molecule has 0 N–H and O–H groups in total. The first-order valence-corrected chi connectivity index (χ1v) is 7.43. The van der Waals surface area contributed by atoms with Crippen molar-refractivity contribution in [3.8, 4) is 5.75 Å². The van der Waals surface area contributed by atoms with Crippen LogP contribution < -0.4 is 4.74 Å². The van der Waals surface area contributed by atoms with Crippen LogP contribution in [0.2, 0.25) is 0 Å². The lowest BCUT2D eigenvalue weighted by Crippen LogP contribution is -2.36. The van der Waals surface area contributed by atoms with Gasteiger partial charge in [0.15, 0.2) is 0 Å². The van der Waals surface area contributed by atoms with Gasteiger partial charge in [0.25, 0.3) is 0 Å². The van der Waals surface area contributed by atoms with E-state index in [2.05, 4.69) is 43.0 Å². The molecule has 3 nitrogen and oxygen atoms in total. The van der Waals surface area contributed by atoms with E-state index < -0.39 is 0 Å². The fraction of sp³-hybridized carbons (Fsp3) is 0.529. The third-order valence-corrected chi connectivity index (χ3v) is 3.53. The van der Waals surface area contributed by atoms with Gasteiger partial charge < -0.3 is 9.47 Å². The van der Waals surface area contributed by atoms with Gasteiger partial charge in [-0.15, -0.1) is 0 Å². The summed E-state index contributed by atoms with van der Waals surface area (Å²) in [5.41, 5.74) is 1.35. The first-order valence-electron chi connectivity index (χ1n) is 7.43. The van der Waals surface area contributed by atoms with E-state index in [1.807, 2.05) is 12.1 Å². The Hall–Kier alpha value is -1.32. The fourth-order valence-corrected chi connectivity index (χ4v) is 2.17. The Morgan fingerprint density at radius 3 is 2.50 bits per heavy atom. The molecule has 110 valence electrons. The Morgan fingerprint density at radius 1 is 1.15 bits per heavy atom. The predicted octanol–water partition coefficient (Wildman–Crippen LogP) is 3.08. The highest BCUT2D eigenvalue weighted by atomic mass is 16.5. The highest BCUT2D eigenvalue weighted by Gasteiger charge is 2.07. The molecule has 0 spiro atoms. The molecular formula is C17H25NO2. The van der Waals surface area contributed by atoms with Gasteiger partial charge in [-0.3, -0.25) is 4.90 Å². The summed E-state index contributed by atoms with van der Waals surface area (Å²) in [5, 5.41) is 0. The average molecular weight is 275 g/mol.